The Balaban J connectivity index is 1.75. The number of amides is 1. The molecule has 1 amide bonds. The minimum Gasteiger partial charge on any atom is -0.310 e. The Hall–Kier alpha value is -2.39. The molecule has 5 nitrogen and oxygen atoms in total. The van der Waals surface area contributed by atoms with Gasteiger partial charge in [0.15, 0.2) is 0 Å². The second kappa shape index (κ2) is 8.54. The van der Waals surface area contributed by atoms with Gasteiger partial charge in [0.05, 0.1) is 10.8 Å². The average molecular weight is 409 g/mol. The van der Waals surface area contributed by atoms with Crippen molar-refractivity contribution in [3.63, 3.8) is 0 Å². The number of nitriles is 1. The Morgan fingerprint density at radius 1 is 1.38 bits per heavy atom. The van der Waals surface area contributed by atoms with Crippen molar-refractivity contribution in [3.8, 4) is 6.07 Å². The molecule has 0 fully saturated rings. The van der Waals surface area contributed by atoms with Crippen molar-refractivity contribution in [2.75, 3.05) is 5.32 Å². The van der Waals surface area contributed by atoms with Crippen LogP contribution in [-0.4, -0.2) is 21.1 Å². The molecule has 0 radical (unpaired) electrons. The highest BCUT2D eigenvalue weighted by Gasteiger charge is 2.30. The molecule has 0 bridgehead atoms. The molecule has 2 unspecified atom stereocenters. The van der Waals surface area contributed by atoms with E-state index >= 15 is 0 Å². The number of carbonyl (C=O) groups is 1. The monoisotopic (exact) mass is 408 g/mol. The first-order valence-corrected chi connectivity index (χ1v) is 10.9. The molecule has 0 saturated heterocycles. The van der Waals surface area contributed by atoms with Gasteiger partial charge in [0.1, 0.15) is 16.9 Å². The van der Waals surface area contributed by atoms with Crippen molar-refractivity contribution in [2.45, 2.75) is 64.2 Å². The lowest BCUT2D eigenvalue weighted by atomic mass is 9.71. The van der Waals surface area contributed by atoms with Gasteiger partial charge in [0.25, 0.3) is 0 Å². The Kier molecular flexibility index (Phi) is 6.28. The van der Waals surface area contributed by atoms with E-state index in [1.54, 1.807) is 6.20 Å². The summed E-state index contributed by atoms with van der Waals surface area (Å²) in [5.41, 5.74) is 4.08. The number of hydrogen-bond acceptors (Lipinski definition) is 5. The quantitative estimate of drug-likeness (QED) is 0.726. The van der Waals surface area contributed by atoms with E-state index in [4.69, 9.17) is 4.98 Å². The number of nitrogens with one attached hydrogen (secondary N) is 1. The van der Waals surface area contributed by atoms with Crippen molar-refractivity contribution < 1.29 is 4.79 Å². The molecule has 1 N–H and O–H groups in total. The molecule has 2 atom stereocenters. The lowest BCUT2D eigenvalue weighted by Gasteiger charge is -2.34. The molecular weight excluding hydrogens is 380 g/mol. The first-order chi connectivity index (χ1) is 13.7. The highest BCUT2D eigenvalue weighted by Crippen LogP contribution is 2.38. The van der Waals surface area contributed by atoms with Crippen molar-refractivity contribution in [2.24, 2.45) is 11.3 Å². The van der Waals surface area contributed by atoms with E-state index in [1.165, 1.54) is 17.3 Å². The molecule has 152 valence electrons. The lowest BCUT2D eigenvalue weighted by molar-refractivity contribution is -0.115. The fourth-order valence-electron chi connectivity index (χ4n) is 3.61. The van der Waals surface area contributed by atoms with Crippen LogP contribution in [0.1, 0.15) is 56.5 Å². The SMILES string of the molecule is Cc1ccnc(NC(=O)C(C)Sc2nc3c(cc2C#N)CC(C(C)(C)C)CC3)c1. The van der Waals surface area contributed by atoms with Crippen LogP contribution in [-0.2, 0) is 17.6 Å². The summed E-state index contributed by atoms with van der Waals surface area (Å²) in [6, 6.07) is 7.97. The van der Waals surface area contributed by atoms with Crippen LogP contribution < -0.4 is 5.32 Å². The highest BCUT2D eigenvalue weighted by molar-refractivity contribution is 8.00. The van der Waals surface area contributed by atoms with Gasteiger partial charge < -0.3 is 5.32 Å². The summed E-state index contributed by atoms with van der Waals surface area (Å²) in [7, 11) is 0. The van der Waals surface area contributed by atoms with E-state index in [0.29, 0.717) is 22.3 Å². The lowest BCUT2D eigenvalue weighted by Crippen LogP contribution is -2.28. The number of nitrogens with zero attached hydrogens (tertiary/aromatic N) is 3. The summed E-state index contributed by atoms with van der Waals surface area (Å²) < 4.78 is 0. The number of anilines is 1. The fourth-order valence-corrected chi connectivity index (χ4v) is 4.50. The van der Waals surface area contributed by atoms with Gasteiger partial charge in [-0.25, -0.2) is 9.97 Å². The number of carbonyl (C=O) groups excluding carboxylic acids is 1. The first kappa shape index (κ1) is 21.3. The Morgan fingerprint density at radius 3 is 2.79 bits per heavy atom. The zero-order valence-corrected chi connectivity index (χ0v) is 18.6. The summed E-state index contributed by atoms with van der Waals surface area (Å²) in [6.45, 7) is 10.6. The van der Waals surface area contributed by atoms with Crippen LogP contribution in [0.2, 0.25) is 0 Å². The zero-order chi connectivity index (χ0) is 21.2. The van der Waals surface area contributed by atoms with E-state index in [9.17, 15) is 10.1 Å². The minimum atomic E-state index is -0.388. The van der Waals surface area contributed by atoms with Gasteiger partial charge in [-0.05, 0) is 73.8 Å². The van der Waals surface area contributed by atoms with Gasteiger partial charge in [0.2, 0.25) is 5.91 Å². The number of fused-ring (bicyclic) bond motifs is 1. The Morgan fingerprint density at radius 2 is 2.14 bits per heavy atom. The normalized spacial score (nSPS) is 17.2. The summed E-state index contributed by atoms with van der Waals surface area (Å²) in [5, 5.41) is 12.7. The van der Waals surface area contributed by atoms with Crippen LogP contribution in [0.4, 0.5) is 5.82 Å². The summed E-state index contributed by atoms with van der Waals surface area (Å²) in [5.74, 6) is 0.979. The molecule has 1 aliphatic rings. The molecule has 0 aromatic carbocycles. The van der Waals surface area contributed by atoms with Crippen molar-refractivity contribution in [1.82, 2.24) is 9.97 Å². The maximum Gasteiger partial charge on any atom is 0.238 e. The molecule has 0 aliphatic heterocycles. The molecule has 29 heavy (non-hydrogen) atoms. The van der Waals surface area contributed by atoms with Gasteiger partial charge in [-0.3, -0.25) is 4.79 Å². The van der Waals surface area contributed by atoms with Crippen LogP contribution in [0.3, 0.4) is 0 Å². The minimum absolute atomic E-state index is 0.149. The molecule has 0 saturated carbocycles. The number of thioether (sulfide) groups is 1. The molecule has 2 aromatic rings. The standard InChI is InChI=1S/C23H28N4OS/c1-14-8-9-25-20(10-14)27-21(28)15(2)29-22-17(13-24)11-16-12-18(23(3,4)5)6-7-19(16)26-22/h8-11,15,18H,6-7,12H2,1-5H3,(H,25,27,28). The number of rotatable bonds is 4. The summed E-state index contributed by atoms with van der Waals surface area (Å²) >= 11 is 1.33. The smallest absolute Gasteiger partial charge is 0.238 e. The van der Waals surface area contributed by atoms with E-state index < -0.39 is 0 Å². The number of pyridine rings is 2. The third-order valence-corrected chi connectivity index (χ3v) is 6.62. The third kappa shape index (κ3) is 5.16. The number of aromatic nitrogens is 2. The van der Waals surface area contributed by atoms with E-state index in [2.05, 4.69) is 37.1 Å². The van der Waals surface area contributed by atoms with Gasteiger partial charge in [-0.2, -0.15) is 5.26 Å². The van der Waals surface area contributed by atoms with Crippen LogP contribution in [0, 0.1) is 29.6 Å². The zero-order valence-electron chi connectivity index (χ0n) is 17.7. The number of hydrogen-bond donors (Lipinski definition) is 1. The van der Waals surface area contributed by atoms with Crippen LogP contribution in [0.5, 0.6) is 0 Å². The predicted octanol–water partition coefficient (Wildman–Crippen LogP) is 4.93. The van der Waals surface area contributed by atoms with Gasteiger partial charge in [-0.15, -0.1) is 0 Å². The van der Waals surface area contributed by atoms with Crippen LogP contribution >= 0.6 is 11.8 Å². The van der Waals surface area contributed by atoms with E-state index in [0.717, 1.165) is 30.5 Å². The molecule has 2 aromatic heterocycles. The average Bonchev–Trinajstić information content (AvgIpc) is 2.66. The number of aryl methyl sites for hydroxylation is 2. The Bertz CT molecular complexity index is 958. The first-order valence-electron chi connectivity index (χ1n) is 10.0. The predicted molar refractivity (Wildman–Crippen MR) is 117 cm³/mol. The molecule has 0 spiro atoms. The van der Waals surface area contributed by atoms with E-state index in [1.807, 2.05) is 32.0 Å². The van der Waals surface area contributed by atoms with Gasteiger partial charge >= 0.3 is 0 Å². The second-order valence-electron chi connectivity index (χ2n) is 8.83. The second-order valence-corrected chi connectivity index (χ2v) is 10.2. The molecular formula is C23H28N4OS. The summed E-state index contributed by atoms with van der Waals surface area (Å²) in [6.07, 6.45) is 4.66. The topological polar surface area (TPSA) is 78.7 Å². The van der Waals surface area contributed by atoms with Gasteiger partial charge in [-0.1, -0.05) is 32.5 Å². The molecule has 1 aliphatic carbocycles. The molecule has 2 heterocycles. The fraction of sp³-hybridized carbons (Fsp3) is 0.478. The van der Waals surface area contributed by atoms with Crippen molar-refractivity contribution >= 4 is 23.5 Å². The highest BCUT2D eigenvalue weighted by atomic mass is 32.2. The molecule has 3 rings (SSSR count). The van der Waals surface area contributed by atoms with Crippen molar-refractivity contribution in [1.29, 1.82) is 5.26 Å². The Labute approximate surface area is 177 Å². The third-order valence-electron chi connectivity index (χ3n) is 5.52. The largest absolute Gasteiger partial charge is 0.310 e. The summed E-state index contributed by atoms with van der Waals surface area (Å²) in [4.78, 5) is 21.6. The van der Waals surface area contributed by atoms with Crippen LogP contribution in [0.15, 0.2) is 29.4 Å². The molecule has 6 heteroatoms. The van der Waals surface area contributed by atoms with Gasteiger partial charge in [0, 0.05) is 11.9 Å². The maximum atomic E-state index is 12.6. The van der Waals surface area contributed by atoms with Crippen LogP contribution in [0.25, 0.3) is 0 Å². The van der Waals surface area contributed by atoms with Crippen molar-refractivity contribution in [3.05, 3.63) is 46.8 Å². The van der Waals surface area contributed by atoms with E-state index in [-0.39, 0.29) is 16.6 Å². The maximum absolute atomic E-state index is 12.6.